The summed E-state index contributed by atoms with van der Waals surface area (Å²) in [4.78, 5) is 0. The largest absolute Gasteiger partial charge is 0.204 e. The third-order valence-electron chi connectivity index (χ3n) is 6.67. The van der Waals surface area contributed by atoms with Crippen LogP contribution in [0.2, 0.25) is 13.1 Å². The molecule has 1 aliphatic rings. The van der Waals surface area contributed by atoms with Gasteiger partial charge >= 0.3 is 0 Å². The molecule has 0 amide bonds. The van der Waals surface area contributed by atoms with E-state index in [1.165, 1.54) is 0 Å². The summed E-state index contributed by atoms with van der Waals surface area (Å²) in [5, 5.41) is 1.13. The predicted molar refractivity (Wildman–Crippen MR) is 137 cm³/mol. The third-order valence-corrected chi connectivity index (χ3v) is 10.2. The standard InChI is InChI=1S/C30H20F6Si/c1-37(2)29(19-13-21(31)27(35)22(32)14-19)25(17-9-5-3-6-10-17)26(18-11-7-4-8-12-18)30(37)20-15-23(33)28(36)24(34)16-20/h3-16H,1-2H3. The van der Waals surface area contributed by atoms with Crippen LogP contribution in [0.25, 0.3) is 21.5 Å². The van der Waals surface area contributed by atoms with Crippen molar-refractivity contribution >= 4 is 29.6 Å². The molecule has 0 saturated carbocycles. The van der Waals surface area contributed by atoms with Crippen molar-refractivity contribution in [2.45, 2.75) is 13.1 Å². The fourth-order valence-electron chi connectivity index (χ4n) is 5.20. The summed E-state index contributed by atoms with van der Waals surface area (Å²) in [7, 11) is -3.05. The fourth-order valence-corrected chi connectivity index (χ4v) is 8.97. The molecule has 4 aromatic carbocycles. The number of rotatable bonds is 4. The summed E-state index contributed by atoms with van der Waals surface area (Å²) in [5.41, 5.74) is 2.93. The Labute approximate surface area is 211 Å². The molecule has 0 fully saturated rings. The van der Waals surface area contributed by atoms with E-state index >= 15 is 0 Å². The van der Waals surface area contributed by atoms with Gasteiger partial charge in [0.05, 0.1) is 0 Å². The first-order chi connectivity index (χ1) is 17.6. The maximum absolute atomic E-state index is 14.5. The molecule has 0 radical (unpaired) electrons. The van der Waals surface area contributed by atoms with Crippen LogP contribution < -0.4 is 0 Å². The highest BCUT2D eigenvalue weighted by atomic mass is 28.3. The molecule has 4 aromatic rings. The molecule has 0 unspecified atom stereocenters. The molecule has 0 atom stereocenters. The van der Waals surface area contributed by atoms with E-state index < -0.39 is 43.0 Å². The Morgan fingerprint density at radius 2 is 0.730 bits per heavy atom. The Balaban J connectivity index is 1.95. The van der Waals surface area contributed by atoms with Crippen LogP contribution in [0.15, 0.2) is 84.9 Å². The van der Waals surface area contributed by atoms with Crippen LogP contribution >= 0.6 is 0 Å². The summed E-state index contributed by atoms with van der Waals surface area (Å²) in [6.07, 6.45) is 0. The zero-order chi connectivity index (χ0) is 26.5. The summed E-state index contributed by atoms with van der Waals surface area (Å²) < 4.78 is 85.8. The highest BCUT2D eigenvalue weighted by molar-refractivity contribution is 7.13. The smallest absolute Gasteiger partial charge is 0.194 e. The molecular weight excluding hydrogens is 502 g/mol. The molecule has 5 rings (SSSR count). The van der Waals surface area contributed by atoms with Crippen molar-refractivity contribution in [1.29, 1.82) is 0 Å². The summed E-state index contributed by atoms with van der Waals surface area (Å²) >= 11 is 0. The highest BCUT2D eigenvalue weighted by Gasteiger charge is 2.44. The van der Waals surface area contributed by atoms with Crippen LogP contribution in [-0.4, -0.2) is 8.07 Å². The predicted octanol–water partition coefficient (Wildman–Crippen LogP) is 8.84. The quantitative estimate of drug-likeness (QED) is 0.143. The molecular formula is C30H20F6Si. The highest BCUT2D eigenvalue weighted by Crippen LogP contribution is 2.55. The van der Waals surface area contributed by atoms with Gasteiger partial charge in [0.15, 0.2) is 34.9 Å². The van der Waals surface area contributed by atoms with Crippen molar-refractivity contribution < 1.29 is 26.3 Å². The minimum Gasteiger partial charge on any atom is -0.204 e. The average Bonchev–Trinajstić information content (AvgIpc) is 3.13. The minimum absolute atomic E-state index is 0.137. The first kappa shape index (κ1) is 24.8. The number of hydrogen-bond acceptors (Lipinski definition) is 0. The van der Waals surface area contributed by atoms with Gasteiger partial charge in [-0.3, -0.25) is 0 Å². The van der Waals surface area contributed by atoms with Crippen molar-refractivity contribution in [2.75, 3.05) is 0 Å². The zero-order valence-corrected chi connectivity index (χ0v) is 20.9. The fraction of sp³-hybridized carbons (Fsp3) is 0.0667. The van der Waals surface area contributed by atoms with Gasteiger partial charge in [-0.1, -0.05) is 73.8 Å². The van der Waals surface area contributed by atoms with E-state index in [1.807, 2.05) is 49.5 Å². The Morgan fingerprint density at radius 3 is 1.03 bits per heavy atom. The minimum atomic E-state index is -3.05. The zero-order valence-electron chi connectivity index (χ0n) is 19.9. The average molecular weight is 523 g/mol. The lowest BCUT2D eigenvalue weighted by molar-refractivity contribution is 0.447. The van der Waals surface area contributed by atoms with E-state index in [4.69, 9.17) is 0 Å². The van der Waals surface area contributed by atoms with E-state index in [9.17, 15) is 26.3 Å². The number of benzene rings is 4. The first-order valence-corrected chi connectivity index (χ1v) is 14.5. The molecule has 0 aliphatic carbocycles. The normalized spacial score (nSPS) is 15.0. The van der Waals surface area contributed by atoms with Gasteiger partial charge in [0.1, 0.15) is 8.07 Å². The summed E-state index contributed by atoms with van der Waals surface area (Å²) in [6, 6.07) is 21.9. The van der Waals surface area contributed by atoms with Crippen LogP contribution in [0.4, 0.5) is 26.3 Å². The lowest BCUT2D eigenvalue weighted by atomic mass is 9.89. The monoisotopic (exact) mass is 522 g/mol. The van der Waals surface area contributed by atoms with Gasteiger partial charge in [-0.15, -0.1) is 0 Å². The second-order valence-corrected chi connectivity index (χ2v) is 13.6. The molecule has 0 nitrogen and oxygen atoms in total. The van der Waals surface area contributed by atoms with E-state index in [1.54, 1.807) is 24.3 Å². The van der Waals surface area contributed by atoms with Crippen LogP contribution in [-0.2, 0) is 0 Å². The molecule has 0 saturated heterocycles. The molecule has 1 aliphatic heterocycles. The van der Waals surface area contributed by atoms with Gasteiger partial charge in [0, 0.05) is 0 Å². The van der Waals surface area contributed by atoms with E-state index in [-0.39, 0.29) is 11.1 Å². The topological polar surface area (TPSA) is 0 Å². The Kier molecular flexibility index (Phi) is 6.19. The van der Waals surface area contributed by atoms with Crippen LogP contribution in [0.1, 0.15) is 22.3 Å². The van der Waals surface area contributed by atoms with Crippen molar-refractivity contribution in [3.63, 3.8) is 0 Å². The van der Waals surface area contributed by atoms with Gasteiger partial charge in [0.2, 0.25) is 0 Å². The molecule has 0 bridgehead atoms. The Morgan fingerprint density at radius 1 is 0.432 bits per heavy atom. The Hall–Kier alpha value is -3.84. The molecule has 0 spiro atoms. The van der Waals surface area contributed by atoms with Gasteiger partial charge in [-0.05, 0) is 68.1 Å². The third kappa shape index (κ3) is 4.13. The SMILES string of the molecule is C[Si]1(C)C(c2cc(F)c(F)c(F)c2)=C(c2ccccc2)C(c2ccccc2)=C1c1cc(F)c(F)c(F)c1. The van der Waals surface area contributed by atoms with Gasteiger partial charge < -0.3 is 0 Å². The van der Waals surface area contributed by atoms with Gasteiger partial charge in [-0.25, -0.2) is 26.3 Å². The van der Waals surface area contributed by atoms with Crippen LogP contribution in [0, 0.1) is 34.9 Å². The maximum Gasteiger partial charge on any atom is 0.194 e. The number of hydrogen-bond donors (Lipinski definition) is 0. The number of halogens is 6. The van der Waals surface area contributed by atoms with Crippen molar-refractivity contribution in [3.8, 4) is 0 Å². The van der Waals surface area contributed by atoms with Crippen molar-refractivity contribution in [3.05, 3.63) is 142 Å². The second kappa shape index (κ2) is 9.23. The van der Waals surface area contributed by atoms with Crippen molar-refractivity contribution in [1.82, 2.24) is 0 Å². The second-order valence-electron chi connectivity index (χ2n) is 9.36. The molecule has 1 heterocycles. The van der Waals surface area contributed by atoms with Gasteiger partial charge in [0.25, 0.3) is 0 Å². The molecule has 37 heavy (non-hydrogen) atoms. The van der Waals surface area contributed by atoms with Crippen LogP contribution in [0.5, 0.6) is 0 Å². The summed E-state index contributed by atoms with van der Waals surface area (Å²) in [5.74, 6) is -8.52. The molecule has 186 valence electrons. The van der Waals surface area contributed by atoms with Crippen LogP contribution in [0.3, 0.4) is 0 Å². The molecule has 0 N–H and O–H groups in total. The lowest BCUT2D eigenvalue weighted by Gasteiger charge is -2.26. The van der Waals surface area contributed by atoms with Gasteiger partial charge in [-0.2, -0.15) is 0 Å². The number of allylic oxidation sites excluding steroid dienone is 2. The van der Waals surface area contributed by atoms with Crippen molar-refractivity contribution in [2.24, 2.45) is 0 Å². The first-order valence-electron chi connectivity index (χ1n) is 11.5. The summed E-state index contributed by atoms with van der Waals surface area (Å²) in [6.45, 7) is 3.77. The van der Waals surface area contributed by atoms with E-state index in [2.05, 4.69) is 0 Å². The lowest BCUT2D eigenvalue weighted by Crippen LogP contribution is -2.29. The van der Waals surface area contributed by atoms with E-state index in [0.29, 0.717) is 32.7 Å². The maximum atomic E-state index is 14.5. The van der Waals surface area contributed by atoms with E-state index in [0.717, 1.165) is 24.3 Å². The molecule has 7 heteroatoms. The Bertz CT molecular complexity index is 1420. The molecule has 0 aromatic heterocycles.